The lowest BCUT2D eigenvalue weighted by atomic mass is 10.2. The fourth-order valence-corrected chi connectivity index (χ4v) is 1.79. The molecule has 0 aromatic carbocycles. The average Bonchev–Trinajstić information content (AvgIpc) is 2.93. The zero-order chi connectivity index (χ0) is 15.6. The molecular weight excluding hydrogens is 286 g/mol. The number of hydrogen-bond donors (Lipinski definition) is 0. The number of carbonyl (C=O) groups excluding carboxylic acids is 1. The molecule has 0 fully saturated rings. The Balaban J connectivity index is 2.33. The third-order valence-corrected chi connectivity index (χ3v) is 2.76. The second kappa shape index (κ2) is 5.90. The van der Waals surface area contributed by atoms with Crippen molar-refractivity contribution in [3.05, 3.63) is 23.5 Å². The van der Waals surface area contributed by atoms with Crippen LogP contribution in [0.2, 0.25) is 0 Å². The molecule has 0 spiro atoms. The third-order valence-electron chi connectivity index (χ3n) is 2.76. The predicted molar refractivity (Wildman–Crippen MR) is 67.7 cm³/mol. The summed E-state index contributed by atoms with van der Waals surface area (Å²) < 4.78 is 36.2. The Morgan fingerprint density at radius 1 is 1.48 bits per heavy atom. The number of alkyl halides is 2. The average molecular weight is 300 g/mol. The van der Waals surface area contributed by atoms with Crippen LogP contribution >= 0.6 is 0 Å². The van der Waals surface area contributed by atoms with E-state index in [1.807, 2.05) is 0 Å². The molecule has 0 aliphatic carbocycles. The van der Waals surface area contributed by atoms with Crippen molar-refractivity contribution in [2.45, 2.75) is 20.5 Å². The van der Waals surface area contributed by atoms with Gasteiger partial charge in [-0.05, 0) is 13.8 Å². The van der Waals surface area contributed by atoms with E-state index in [1.165, 1.54) is 24.0 Å². The van der Waals surface area contributed by atoms with E-state index in [1.54, 1.807) is 13.8 Å². The molecule has 7 nitrogen and oxygen atoms in total. The van der Waals surface area contributed by atoms with Crippen LogP contribution in [0.4, 0.5) is 8.78 Å². The normalized spacial score (nSPS) is 11.0. The number of ether oxygens (including phenoxy) is 2. The van der Waals surface area contributed by atoms with Crippen LogP contribution in [0.15, 0.2) is 12.3 Å². The molecule has 0 saturated carbocycles. The van der Waals surface area contributed by atoms with Gasteiger partial charge in [0, 0.05) is 13.1 Å². The van der Waals surface area contributed by atoms with Gasteiger partial charge in [-0.3, -0.25) is 0 Å². The summed E-state index contributed by atoms with van der Waals surface area (Å²) in [6.07, 6.45) is 1.34. The Labute approximate surface area is 119 Å². The highest BCUT2D eigenvalue weighted by Gasteiger charge is 2.19. The number of nitrogens with zero attached hydrogens (tertiary/aromatic N) is 4. The molecule has 114 valence electrons. The van der Waals surface area contributed by atoms with E-state index >= 15 is 0 Å². The van der Waals surface area contributed by atoms with E-state index in [4.69, 9.17) is 4.74 Å². The van der Waals surface area contributed by atoms with Gasteiger partial charge in [-0.2, -0.15) is 13.9 Å². The molecule has 0 aliphatic heterocycles. The zero-order valence-corrected chi connectivity index (χ0v) is 11.7. The molecule has 0 saturated heterocycles. The van der Waals surface area contributed by atoms with Crippen molar-refractivity contribution < 1.29 is 23.0 Å². The molecule has 0 radical (unpaired) electrons. The predicted octanol–water partition coefficient (Wildman–Crippen LogP) is 1.69. The van der Waals surface area contributed by atoms with Crippen LogP contribution < -0.4 is 4.74 Å². The van der Waals surface area contributed by atoms with Crippen molar-refractivity contribution in [3.63, 3.8) is 0 Å². The van der Waals surface area contributed by atoms with Crippen molar-refractivity contribution in [1.29, 1.82) is 0 Å². The lowest BCUT2D eigenvalue weighted by Crippen LogP contribution is -2.07. The second-order valence-corrected chi connectivity index (χ2v) is 4.12. The maximum atomic E-state index is 12.2. The van der Waals surface area contributed by atoms with Crippen LogP contribution in [0.5, 0.6) is 5.88 Å². The molecule has 2 rings (SSSR count). The van der Waals surface area contributed by atoms with Crippen molar-refractivity contribution in [3.8, 4) is 11.7 Å². The highest BCUT2D eigenvalue weighted by molar-refractivity contribution is 5.90. The third kappa shape index (κ3) is 3.01. The lowest BCUT2D eigenvalue weighted by molar-refractivity contribution is -0.0553. The Morgan fingerprint density at radius 2 is 2.19 bits per heavy atom. The smallest absolute Gasteiger partial charge is 0.388 e. The van der Waals surface area contributed by atoms with E-state index in [2.05, 4.69) is 14.9 Å². The van der Waals surface area contributed by atoms with Gasteiger partial charge >= 0.3 is 12.6 Å². The molecule has 0 N–H and O–H groups in total. The van der Waals surface area contributed by atoms with Crippen LogP contribution in [0.25, 0.3) is 5.82 Å². The summed E-state index contributed by atoms with van der Waals surface area (Å²) in [6.45, 7) is 0.660. The van der Waals surface area contributed by atoms with Gasteiger partial charge in [0.15, 0.2) is 5.82 Å². The van der Waals surface area contributed by atoms with Gasteiger partial charge in [-0.1, -0.05) is 0 Å². The van der Waals surface area contributed by atoms with Gasteiger partial charge < -0.3 is 9.47 Å². The number of rotatable bonds is 5. The minimum absolute atomic E-state index is 0.104. The number of esters is 1. The molecule has 0 atom stereocenters. The Kier molecular flexibility index (Phi) is 4.20. The van der Waals surface area contributed by atoms with Gasteiger partial charge in [0.05, 0.1) is 18.5 Å². The highest BCUT2D eigenvalue weighted by Crippen LogP contribution is 2.20. The standard InChI is InChI=1S/C12H14F2N4O3/c1-4-20-11(19)8-6-15-18(7(8)2)9-5-10(17(3)16-9)21-12(13)14/h5-6,12H,4H2,1-3H3. The molecule has 0 unspecified atom stereocenters. The van der Waals surface area contributed by atoms with Crippen LogP contribution in [0.1, 0.15) is 23.0 Å². The summed E-state index contributed by atoms with van der Waals surface area (Å²) in [5, 5.41) is 8.04. The minimum Gasteiger partial charge on any atom is -0.462 e. The first-order valence-corrected chi connectivity index (χ1v) is 6.15. The molecule has 2 heterocycles. The molecule has 0 aliphatic rings. The van der Waals surface area contributed by atoms with Crippen LogP contribution in [0, 0.1) is 6.92 Å². The summed E-state index contributed by atoms with van der Waals surface area (Å²) in [7, 11) is 1.46. The van der Waals surface area contributed by atoms with Crippen molar-refractivity contribution >= 4 is 5.97 Å². The summed E-state index contributed by atoms with van der Waals surface area (Å²) in [5.41, 5.74) is 0.786. The van der Waals surface area contributed by atoms with Crippen molar-refractivity contribution in [1.82, 2.24) is 19.6 Å². The van der Waals surface area contributed by atoms with Crippen LogP contribution in [-0.2, 0) is 11.8 Å². The molecule has 2 aromatic rings. The lowest BCUT2D eigenvalue weighted by Gasteiger charge is -2.02. The minimum atomic E-state index is -2.94. The molecule has 21 heavy (non-hydrogen) atoms. The SMILES string of the molecule is CCOC(=O)c1cnn(-c2cc(OC(F)F)n(C)n2)c1C. The maximum Gasteiger partial charge on any atom is 0.388 e. The van der Waals surface area contributed by atoms with Crippen molar-refractivity contribution in [2.24, 2.45) is 7.05 Å². The summed E-state index contributed by atoms with van der Waals surface area (Å²) in [4.78, 5) is 11.7. The molecular formula is C12H14F2N4O3. The van der Waals surface area contributed by atoms with Gasteiger partial charge in [0.2, 0.25) is 5.88 Å². The Hall–Kier alpha value is -2.45. The molecule has 0 amide bonds. The van der Waals surface area contributed by atoms with Crippen molar-refractivity contribution in [2.75, 3.05) is 6.61 Å². The van der Waals surface area contributed by atoms with Gasteiger partial charge in [0.1, 0.15) is 5.56 Å². The number of halogens is 2. The first-order chi connectivity index (χ1) is 9.93. The summed E-state index contributed by atoms with van der Waals surface area (Å²) in [6, 6.07) is 1.31. The first kappa shape index (κ1) is 14.9. The van der Waals surface area contributed by atoms with E-state index in [9.17, 15) is 13.6 Å². The quantitative estimate of drug-likeness (QED) is 0.786. The van der Waals surface area contributed by atoms with Crippen LogP contribution in [0.3, 0.4) is 0 Å². The van der Waals surface area contributed by atoms with E-state index in [0.29, 0.717) is 11.3 Å². The number of aromatic nitrogens is 4. The Bertz CT molecular complexity index is 651. The van der Waals surface area contributed by atoms with Gasteiger partial charge in [-0.25, -0.2) is 14.2 Å². The van der Waals surface area contributed by atoms with E-state index in [-0.39, 0.29) is 18.3 Å². The van der Waals surface area contributed by atoms with Gasteiger partial charge in [-0.15, -0.1) is 5.10 Å². The molecule has 2 aromatic heterocycles. The zero-order valence-electron chi connectivity index (χ0n) is 11.7. The van der Waals surface area contributed by atoms with Gasteiger partial charge in [0.25, 0.3) is 0 Å². The van der Waals surface area contributed by atoms with Crippen LogP contribution in [-0.4, -0.2) is 38.7 Å². The fourth-order valence-electron chi connectivity index (χ4n) is 1.79. The largest absolute Gasteiger partial charge is 0.462 e. The fraction of sp³-hybridized carbons (Fsp3) is 0.417. The highest BCUT2D eigenvalue weighted by atomic mass is 19.3. The molecule has 9 heteroatoms. The number of hydrogen-bond acceptors (Lipinski definition) is 5. The maximum absolute atomic E-state index is 12.2. The van der Waals surface area contributed by atoms with E-state index < -0.39 is 12.6 Å². The molecule has 0 bridgehead atoms. The summed E-state index contributed by atoms with van der Waals surface area (Å²) >= 11 is 0. The van der Waals surface area contributed by atoms with E-state index in [0.717, 1.165) is 4.68 Å². The first-order valence-electron chi connectivity index (χ1n) is 6.15. The second-order valence-electron chi connectivity index (χ2n) is 4.12. The number of carbonyl (C=O) groups is 1. The monoisotopic (exact) mass is 300 g/mol. The topological polar surface area (TPSA) is 71.2 Å². The Morgan fingerprint density at radius 3 is 2.81 bits per heavy atom. The summed E-state index contributed by atoms with van der Waals surface area (Å²) in [5.74, 6) is -0.338. The number of aryl methyl sites for hydroxylation is 1.